The third-order valence-corrected chi connectivity index (χ3v) is 4.37. The molecule has 2 heterocycles. The van der Waals surface area contributed by atoms with Gasteiger partial charge in [0.2, 0.25) is 5.28 Å². The summed E-state index contributed by atoms with van der Waals surface area (Å²) in [4.78, 5) is 13.9. The molecule has 23 heavy (non-hydrogen) atoms. The molecule has 0 bridgehead atoms. The molecule has 2 aromatic heterocycles. The Balaban J connectivity index is 2.14. The molecule has 1 aromatic carbocycles. The Labute approximate surface area is 143 Å². The highest BCUT2D eigenvalue weighted by atomic mass is 35.5. The minimum Gasteiger partial charge on any atom is -0.497 e. The zero-order chi connectivity index (χ0) is 16.2. The number of thiazole rings is 1. The van der Waals surface area contributed by atoms with Crippen molar-refractivity contribution in [2.45, 2.75) is 6.92 Å². The monoisotopic (exact) mass is 346 g/mol. The van der Waals surface area contributed by atoms with E-state index in [1.54, 1.807) is 24.6 Å². The van der Waals surface area contributed by atoms with Gasteiger partial charge in [0, 0.05) is 18.3 Å². The molecular weight excluding hydrogens is 332 g/mol. The Morgan fingerprint density at radius 3 is 2.87 bits per heavy atom. The lowest BCUT2D eigenvalue weighted by molar-refractivity contribution is 0.415. The number of anilines is 1. The molecule has 5 nitrogen and oxygen atoms in total. The average molecular weight is 347 g/mol. The van der Waals surface area contributed by atoms with Crippen LogP contribution in [-0.2, 0) is 0 Å². The first-order chi connectivity index (χ1) is 11.2. The van der Waals surface area contributed by atoms with E-state index in [1.165, 1.54) is 0 Å². The fraction of sp³-hybridized carbons (Fsp3) is 0.188. The van der Waals surface area contributed by atoms with Gasteiger partial charge in [-0.05, 0) is 36.7 Å². The normalized spacial score (nSPS) is 10.6. The zero-order valence-corrected chi connectivity index (χ0v) is 14.3. The maximum absolute atomic E-state index is 5.94. The second-order valence-electron chi connectivity index (χ2n) is 4.67. The predicted octanol–water partition coefficient (Wildman–Crippen LogP) is 4.36. The average Bonchev–Trinajstić information content (AvgIpc) is 2.99. The van der Waals surface area contributed by atoms with E-state index in [9.17, 15) is 0 Å². The third kappa shape index (κ3) is 3.43. The highest BCUT2D eigenvalue weighted by Gasteiger charge is 2.16. The molecule has 7 heteroatoms. The molecule has 0 atom stereocenters. The molecule has 0 fully saturated rings. The van der Waals surface area contributed by atoms with Gasteiger partial charge in [-0.15, -0.1) is 0 Å². The molecule has 3 rings (SSSR count). The number of nitrogens with one attached hydrogen (secondary N) is 1. The third-order valence-electron chi connectivity index (χ3n) is 3.16. The van der Waals surface area contributed by atoms with Crippen LogP contribution in [0, 0.1) is 0 Å². The van der Waals surface area contributed by atoms with Crippen LogP contribution in [0.1, 0.15) is 6.92 Å². The quantitative estimate of drug-likeness (QED) is 0.695. The van der Waals surface area contributed by atoms with Crippen molar-refractivity contribution in [1.82, 2.24) is 15.0 Å². The van der Waals surface area contributed by atoms with Crippen LogP contribution in [0.15, 0.2) is 36.5 Å². The van der Waals surface area contributed by atoms with E-state index in [0.717, 1.165) is 39.3 Å². The highest BCUT2D eigenvalue weighted by Crippen LogP contribution is 2.39. The molecule has 0 aliphatic heterocycles. The maximum atomic E-state index is 5.94. The van der Waals surface area contributed by atoms with Crippen LogP contribution in [0.5, 0.6) is 5.75 Å². The Kier molecular flexibility index (Phi) is 4.73. The van der Waals surface area contributed by atoms with Crippen molar-refractivity contribution >= 4 is 28.1 Å². The van der Waals surface area contributed by atoms with Gasteiger partial charge in [0.1, 0.15) is 5.75 Å². The first-order valence-corrected chi connectivity index (χ1v) is 8.28. The Hall–Kier alpha value is -2.18. The van der Waals surface area contributed by atoms with Crippen LogP contribution >= 0.6 is 22.9 Å². The summed E-state index contributed by atoms with van der Waals surface area (Å²) in [6, 6.07) is 9.63. The van der Waals surface area contributed by atoms with Gasteiger partial charge in [0.15, 0.2) is 5.13 Å². The van der Waals surface area contributed by atoms with Crippen LogP contribution in [0.2, 0.25) is 5.28 Å². The first kappa shape index (κ1) is 15.7. The number of rotatable bonds is 5. The number of halogens is 1. The van der Waals surface area contributed by atoms with Crippen molar-refractivity contribution in [3.05, 3.63) is 41.8 Å². The summed E-state index contributed by atoms with van der Waals surface area (Å²) in [5, 5.41) is 4.31. The van der Waals surface area contributed by atoms with Crippen molar-refractivity contribution in [2.24, 2.45) is 0 Å². The minimum absolute atomic E-state index is 0.220. The lowest BCUT2D eigenvalue weighted by Crippen LogP contribution is -1.95. The van der Waals surface area contributed by atoms with E-state index in [1.807, 2.05) is 37.3 Å². The van der Waals surface area contributed by atoms with E-state index in [2.05, 4.69) is 15.3 Å². The summed E-state index contributed by atoms with van der Waals surface area (Å²) in [7, 11) is 1.65. The van der Waals surface area contributed by atoms with Gasteiger partial charge in [-0.1, -0.05) is 23.5 Å². The molecular formula is C16H15ClN4OS. The molecule has 0 spiro atoms. The summed E-state index contributed by atoms with van der Waals surface area (Å²) in [6.45, 7) is 2.84. The van der Waals surface area contributed by atoms with E-state index in [4.69, 9.17) is 21.3 Å². The van der Waals surface area contributed by atoms with Crippen LogP contribution in [0.25, 0.3) is 21.8 Å². The van der Waals surface area contributed by atoms with E-state index >= 15 is 0 Å². The van der Waals surface area contributed by atoms with Crippen molar-refractivity contribution in [2.75, 3.05) is 19.0 Å². The van der Waals surface area contributed by atoms with E-state index in [0.29, 0.717) is 0 Å². The van der Waals surface area contributed by atoms with Gasteiger partial charge in [-0.25, -0.2) is 15.0 Å². The molecule has 0 saturated carbocycles. The predicted molar refractivity (Wildman–Crippen MR) is 94.3 cm³/mol. The zero-order valence-electron chi connectivity index (χ0n) is 12.7. The lowest BCUT2D eigenvalue weighted by atomic mass is 10.1. The number of methoxy groups -OCH3 is 1. The second-order valence-corrected chi connectivity index (χ2v) is 6.01. The number of hydrogen-bond donors (Lipinski definition) is 1. The van der Waals surface area contributed by atoms with Crippen molar-refractivity contribution in [3.8, 4) is 27.6 Å². The van der Waals surface area contributed by atoms with E-state index in [-0.39, 0.29) is 5.28 Å². The van der Waals surface area contributed by atoms with Gasteiger partial charge in [0.05, 0.1) is 23.4 Å². The molecule has 0 saturated heterocycles. The Morgan fingerprint density at radius 1 is 1.26 bits per heavy atom. The number of ether oxygens (including phenoxy) is 1. The molecule has 0 aliphatic carbocycles. The van der Waals surface area contributed by atoms with Crippen LogP contribution in [-0.4, -0.2) is 28.6 Å². The van der Waals surface area contributed by atoms with Gasteiger partial charge >= 0.3 is 0 Å². The lowest BCUT2D eigenvalue weighted by Gasteiger charge is -2.04. The number of nitrogens with zero attached hydrogens (tertiary/aromatic N) is 3. The number of hydrogen-bond acceptors (Lipinski definition) is 6. The summed E-state index contributed by atoms with van der Waals surface area (Å²) < 4.78 is 5.31. The number of aromatic nitrogens is 3. The standard InChI is InChI=1S/C16H15ClN4OS/c1-3-18-16-21-13(10-5-4-6-11(9-10)22-2)14(23-16)12-7-8-19-15(17)20-12/h4-9H,3H2,1-2H3,(H,18,21). The summed E-state index contributed by atoms with van der Waals surface area (Å²) in [6.07, 6.45) is 1.65. The van der Waals surface area contributed by atoms with Crippen molar-refractivity contribution in [1.29, 1.82) is 0 Å². The topological polar surface area (TPSA) is 59.9 Å². The second kappa shape index (κ2) is 6.93. The van der Waals surface area contributed by atoms with Gasteiger partial charge in [0.25, 0.3) is 0 Å². The highest BCUT2D eigenvalue weighted by molar-refractivity contribution is 7.19. The van der Waals surface area contributed by atoms with Gasteiger partial charge in [-0.3, -0.25) is 0 Å². The largest absolute Gasteiger partial charge is 0.497 e. The SMILES string of the molecule is CCNc1nc(-c2cccc(OC)c2)c(-c2ccnc(Cl)n2)s1. The van der Waals surface area contributed by atoms with Crippen molar-refractivity contribution < 1.29 is 4.74 Å². The molecule has 118 valence electrons. The number of benzene rings is 1. The fourth-order valence-electron chi connectivity index (χ4n) is 2.15. The van der Waals surface area contributed by atoms with Crippen LogP contribution in [0.3, 0.4) is 0 Å². The summed E-state index contributed by atoms with van der Waals surface area (Å²) >= 11 is 7.48. The molecule has 0 amide bonds. The Morgan fingerprint density at radius 2 is 2.13 bits per heavy atom. The van der Waals surface area contributed by atoms with Gasteiger partial charge in [-0.2, -0.15) is 0 Å². The van der Waals surface area contributed by atoms with Crippen molar-refractivity contribution in [3.63, 3.8) is 0 Å². The fourth-order valence-corrected chi connectivity index (χ4v) is 3.32. The Bertz CT molecular complexity index is 821. The minimum atomic E-state index is 0.220. The summed E-state index contributed by atoms with van der Waals surface area (Å²) in [5.74, 6) is 0.784. The summed E-state index contributed by atoms with van der Waals surface area (Å²) in [5.41, 5.74) is 2.57. The molecule has 3 aromatic rings. The molecule has 0 radical (unpaired) electrons. The smallest absolute Gasteiger partial charge is 0.222 e. The van der Waals surface area contributed by atoms with E-state index < -0.39 is 0 Å². The van der Waals surface area contributed by atoms with Gasteiger partial charge < -0.3 is 10.1 Å². The van der Waals surface area contributed by atoms with Crippen LogP contribution < -0.4 is 10.1 Å². The molecule has 0 unspecified atom stereocenters. The molecule has 0 aliphatic rings. The van der Waals surface area contributed by atoms with Crippen LogP contribution in [0.4, 0.5) is 5.13 Å². The first-order valence-electron chi connectivity index (χ1n) is 7.09. The molecule has 1 N–H and O–H groups in total. The maximum Gasteiger partial charge on any atom is 0.222 e.